The third-order valence-corrected chi connectivity index (χ3v) is 4.09. The Kier molecular flexibility index (Phi) is 5.26. The number of hydrogen-bond acceptors (Lipinski definition) is 3. The lowest BCUT2D eigenvalue weighted by Crippen LogP contribution is -2.41. The summed E-state index contributed by atoms with van der Waals surface area (Å²) in [6, 6.07) is 13.8. The fraction of sp³-hybridized carbons (Fsp3) is 0.211. The average Bonchev–Trinajstić information content (AvgIpc) is 2.89. The zero-order chi connectivity index (χ0) is 18.5. The van der Waals surface area contributed by atoms with E-state index in [1.54, 1.807) is 12.1 Å². The molecule has 134 valence electrons. The molecular formula is C19H18FN3O3. The lowest BCUT2D eigenvalue weighted by molar-refractivity contribution is -0.132. The van der Waals surface area contributed by atoms with Crippen molar-refractivity contribution in [1.29, 1.82) is 0 Å². The van der Waals surface area contributed by atoms with Gasteiger partial charge in [0.15, 0.2) is 0 Å². The number of carbonyl (C=O) groups is 3. The number of benzene rings is 2. The van der Waals surface area contributed by atoms with Gasteiger partial charge in [-0.15, -0.1) is 0 Å². The molecule has 2 N–H and O–H groups in total. The van der Waals surface area contributed by atoms with Crippen molar-refractivity contribution in [1.82, 2.24) is 15.5 Å². The molecule has 1 unspecified atom stereocenters. The maximum Gasteiger partial charge on any atom is 0.325 e. The molecule has 1 heterocycles. The highest BCUT2D eigenvalue weighted by atomic mass is 19.1. The number of rotatable bonds is 6. The van der Waals surface area contributed by atoms with Crippen molar-refractivity contribution in [3.05, 3.63) is 71.5 Å². The monoisotopic (exact) mass is 355 g/mol. The molecule has 2 aromatic rings. The normalized spacial score (nSPS) is 16.5. The molecule has 0 bridgehead atoms. The van der Waals surface area contributed by atoms with Crippen LogP contribution in [0.25, 0.3) is 0 Å². The molecule has 0 saturated carbocycles. The van der Waals surface area contributed by atoms with Crippen LogP contribution in [0.4, 0.5) is 9.18 Å². The summed E-state index contributed by atoms with van der Waals surface area (Å²) in [4.78, 5) is 37.3. The Balaban J connectivity index is 1.53. The maximum atomic E-state index is 12.9. The van der Waals surface area contributed by atoms with Crippen molar-refractivity contribution in [2.24, 2.45) is 0 Å². The van der Waals surface area contributed by atoms with Crippen LogP contribution in [-0.2, 0) is 22.6 Å². The Labute approximate surface area is 150 Å². The smallest absolute Gasteiger partial charge is 0.325 e. The number of nitrogens with zero attached hydrogens (tertiary/aromatic N) is 1. The van der Waals surface area contributed by atoms with Gasteiger partial charge < -0.3 is 10.6 Å². The van der Waals surface area contributed by atoms with Crippen LogP contribution in [0.15, 0.2) is 54.6 Å². The van der Waals surface area contributed by atoms with Crippen molar-refractivity contribution < 1.29 is 18.8 Å². The maximum absolute atomic E-state index is 12.9. The van der Waals surface area contributed by atoms with Gasteiger partial charge in [0.25, 0.3) is 5.91 Å². The van der Waals surface area contributed by atoms with E-state index in [-0.39, 0.29) is 18.9 Å². The topological polar surface area (TPSA) is 78.5 Å². The van der Waals surface area contributed by atoms with Crippen LogP contribution in [0, 0.1) is 5.82 Å². The molecule has 1 saturated heterocycles. The first-order valence-electron chi connectivity index (χ1n) is 8.20. The zero-order valence-electron chi connectivity index (χ0n) is 13.9. The number of nitrogens with one attached hydrogen (secondary N) is 2. The standard InChI is InChI=1S/C19H18FN3O3/c20-15-8-6-14(7-9-15)11-21-17(24)12-23-18(25)16(22-19(23)26)10-13-4-2-1-3-5-13/h1-9,16H,10-12H2,(H,21,24)(H,22,26). The Hall–Kier alpha value is -3.22. The van der Waals surface area contributed by atoms with Gasteiger partial charge in [-0.1, -0.05) is 42.5 Å². The highest BCUT2D eigenvalue weighted by molar-refractivity contribution is 6.06. The number of halogens is 1. The molecule has 1 aliphatic rings. The second kappa shape index (κ2) is 7.77. The van der Waals surface area contributed by atoms with Crippen molar-refractivity contribution in [2.45, 2.75) is 19.0 Å². The lowest BCUT2D eigenvalue weighted by Gasteiger charge is -2.13. The van der Waals surface area contributed by atoms with Crippen LogP contribution in [0.2, 0.25) is 0 Å². The molecule has 3 rings (SSSR count). The second-order valence-corrected chi connectivity index (χ2v) is 6.02. The second-order valence-electron chi connectivity index (χ2n) is 6.02. The van der Waals surface area contributed by atoms with Gasteiger partial charge in [0.2, 0.25) is 5.91 Å². The van der Waals surface area contributed by atoms with E-state index in [0.717, 1.165) is 16.0 Å². The Morgan fingerprint density at radius 2 is 1.73 bits per heavy atom. The molecule has 1 fully saturated rings. The molecule has 0 aliphatic carbocycles. The van der Waals surface area contributed by atoms with E-state index in [1.165, 1.54) is 12.1 Å². The molecule has 0 spiro atoms. The molecule has 0 aromatic heterocycles. The van der Waals surface area contributed by atoms with Gasteiger partial charge in [-0.05, 0) is 23.3 Å². The van der Waals surface area contributed by atoms with Crippen LogP contribution in [-0.4, -0.2) is 35.3 Å². The number of carbonyl (C=O) groups excluding carboxylic acids is 3. The quantitative estimate of drug-likeness (QED) is 0.773. The largest absolute Gasteiger partial charge is 0.350 e. The molecule has 2 aromatic carbocycles. The Morgan fingerprint density at radius 3 is 2.42 bits per heavy atom. The fourth-order valence-electron chi connectivity index (χ4n) is 2.72. The van der Waals surface area contributed by atoms with Gasteiger partial charge >= 0.3 is 6.03 Å². The van der Waals surface area contributed by atoms with E-state index < -0.39 is 23.9 Å². The summed E-state index contributed by atoms with van der Waals surface area (Å²) in [7, 11) is 0. The van der Waals surface area contributed by atoms with E-state index in [4.69, 9.17) is 0 Å². The first kappa shape index (κ1) is 17.6. The molecule has 0 radical (unpaired) electrons. The van der Waals surface area contributed by atoms with Crippen molar-refractivity contribution in [3.8, 4) is 0 Å². The Morgan fingerprint density at radius 1 is 1.04 bits per heavy atom. The van der Waals surface area contributed by atoms with Crippen LogP contribution < -0.4 is 10.6 Å². The van der Waals surface area contributed by atoms with Crippen molar-refractivity contribution in [2.75, 3.05) is 6.54 Å². The number of amides is 4. The van der Waals surface area contributed by atoms with E-state index in [1.807, 2.05) is 30.3 Å². The van der Waals surface area contributed by atoms with Crippen molar-refractivity contribution >= 4 is 17.8 Å². The molecule has 6 nitrogen and oxygen atoms in total. The van der Waals surface area contributed by atoms with Crippen molar-refractivity contribution in [3.63, 3.8) is 0 Å². The number of imide groups is 1. The molecule has 7 heteroatoms. The minimum absolute atomic E-state index is 0.191. The summed E-state index contributed by atoms with van der Waals surface area (Å²) in [6.07, 6.45) is 0.374. The van der Waals surface area contributed by atoms with Gasteiger partial charge in [-0.2, -0.15) is 0 Å². The predicted molar refractivity (Wildman–Crippen MR) is 92.4 cm³/mol. The lowest BCUT2D eigenvalue weighted by atomic mass is 10.1. The summed E-state index contributed by atoms with van der Waals surface area (Å²) in [5.41, 5.74) is 1.65. The minimum atomic E-state index is -0.671. The fourth-order valence-corrected chi connectivity index (χ4v) is 2.72. The molecule has 4 amide bonds. The van der Waals surface area contributed by atoms with E-state index >= 15 is 0 Å². The summed E-state index contributed by atoms with van der Waals surface area (Å²) >= 11 is 0. The zero-order valence-corrected chi connectivity index (χ0v) is 13.9. The van der Waals surface area contributed by atoms with Gasteiger partial charge in [0, 0.05) is 13.0 Å². The molecule has 1 atom stereocenters. The van der Waals surface area contributed by atoms with Crippen LogP contribution in [0.3, 0.4) is 0 Å². The number of urea groups is 1. The highest BCUT2D eigenvalue weighted by Crippen LogP contribution is 2.12. The van der Waals surface area contributed by atoms with Crippen LogP contribution in [0.5, 0.6) is 0 Å². The van der Waals surface area contributed by atoms with Crippen LogP contribution in [0.1, 0.15) is 11.1 Å². The number of hydrogen-bond donors (Lipinski definition) is 2. The van der Waals surface area contributed by atoms with E-state index in [2.05, 4.69) is 10.6 Å². The average molecular weight is 355 g/mol. The third-order valence-electron chi connectivity index (χ3n) is 4.09. The summed E-state index contributed by atoms with van der Waals surface area (Å²) < 4.78 is 12.9. The van der Waals surface area contributed by atoms with Gasteiger partial charge in [-0.25, -0.2) is 9.18 Å². The van der Waals surface area contributed by atoms with Gasteiger partial charge in [0.05, 0.1) is 0 Å². The van der Waals surface area contributed by atoms with Gasteiger partial charge in [-0.3, -0.25) is 14.5 Å². The Bertz CT molecular complexity index is 809. The third kappa shape index (κ3) is 4.24. The summed E-state index contributed by atoms with van der Waals surface area (Å²) in [5.74, 6) is -1.24. The van der Waals surface area contributed by atoms with Crippen LogP contribution >= 0.6 is 0 Å². The first-order chi connectivity index (χ1) is 12.5. The van der Waals surface area contributed by atoms with E-state index in [9.17, 15) is 18.8 Å². The highest BCUT2D eigenvalue weighted by Gasteiger charge is 2.38. The molecule has 26 heavy (non-hydrogen) atoms. The minimum Gasteiger partial charge on any atom is -0.350 e. The van der Waals surface area contributed by atoms with E-state index in [0.29, 0.717) is 6.42 Å². The SMILES string of the molecule is O=C(CN1C(=O)NC(Cc2ccccc2)C1=O)NCc1ccc(F)cc1. The first-order valence-corrected chi connectivity index (χ1v) is 8.20. The summed E-state index contributed by atoms with van der Waals surface area (Å²) in [5, 5.41) is 5.22. The predicted octanol–water partition coefficient (Wildman–Crippen LogP) is 1.60. The molecular weight excluding hydrogens is 337 g/mol. The summed E-state index contributed by atoms with van der Waals surface area (Å²) in [6.45, 7) is -0.159. The van der Waals surface area contributed by atoms with Gasteiger partial charge in [0.1, 0.15) is 18.4 Å². The molecule has 1 aliphatic heterocycles.